The molecule has 1 heterocycles. The lowest BCUT2D eigenvalue weighted by molar-refractivity contribution is -0.140. The summed E-state index contributed by atoms with van der Waals surface area (Å²) in [6, 6.07) is 0. The van der Waals surface area contributed by atoms with Crippen LogP contribution >= 0.6 is 0 Å². The van der Waals surface area contributed by atoms with E-state index in [-0.39, 0.29) is 32.0 Å². The van der Waals surface area contributed by atoms with Crippen molar-refractivity contribution in [2.45, 2.75) is 6.92 Å². The summed E-state index contributed by atoms with van der Waals surface area (Å²) >= 11 is 0. The molecule has 0 aromatic rings. The number of aliphatic carboxylic acids is 3. The number of carbonyl (C=O) groups excluding carboxylic acids is 1. The fraction of sp³-hybridized carbons (Fsp3) is 0.684. The largest absolute Gasteiger partial charge is 0.480 e. The summed E-state index contributed by atoms with van der Waals surface area (Å²) in [6.45, 7) is 7.82. The van der Waals surface area contributed by atoms with E-state index in [1.807, 2.05) is 4.90 Å². The summed E-state index contributed by atoms with van der Waals surface area (Å²) in [5.41, 5.74) is 0.426. The maximum Gasteiger partial charge on any atom is 0.317 e. The average molecular weight is 428 g/mol. The number of rotatable bonds is 9. The molecule has 0 aromatic heterocycles. The molecule has 11 nitrogen and oxygen atoms in total. The molecule has 11 heteroatoms. The molecule has 0 saturated carbocycles. The van der Waals surface area contributed by atoms with Crippen LogP contribution in [0.3, 0.4) is 0 Å². The second kappa shape index (κ2) is 13.1. The highest BCUT2D eigenvalue weighted by Gasteiger charge is 2.21. The minimum absolute atomic E-state index is 0.121. The van der Waals surface area contributed by atoms with Crippen LogP contribution in [0.1, 0.15) is 6.92 Å². The molecule has 3 N–H and O–H groups in total. The van der Waals surface area contributed by atoms with E-state index in [4.69, 9.17) is 5.11 Å². The Labute approximate surface area is 176 Å². The summed E-state index contributed by atoms with van der Waals surface area (Å²) in [6.07, 6.45) is 0. The predicted molar refractivity (Wildman–Crippen MR) is 108 cm³/mol. The summed E-state index contributed by atoms with van der Waals surface area (Å²) in [7, 11) is 0. The molecule has 1 fully saturated rings. The zero-order valence-electron chi connectivity index (χ0n) is 17.5. The number of hydrogen-bond acceptors (Lipinski definition) is 8. The van der Waals surface area contributed by atoms with Gasteiger partial charge in [0.25, 0.3) is 0 Å². The van der Waals surface area contributed by atoms with Crippen LogP contribution in [0.2, 0.25) is 0 Å². The van der Waals surface area contributed by atoms with Gasteiger partial charge in [-0.2, -0.15) is 0 Å². The van der Waals surface area contributed by atoms with Gasteiger partial charge >= 0.3 is 17.9 Å². The smallest absolute Gasteiger partial charge is 0.317 e. The number of carboxylic acid groups (broad SMARTS) is 3. The number of hydrogen-bond donors (Lipinski definition) is 3. The third-order valence-corrected chi connectivity index (χ3v) is 4.85. The molecule has 0 aromatic carbocycles. The number of ketones is 1. The van der Waals surface area contributed by atoms with Crippen molar-refractivity contribution < 1.29 is 34.5 Å². The van der Waals surface area contributed by atoms with Crippen molar-refractivity contribution in [1.29, 1.82) is 0 Å². The van der Waals surface area contributed by atoms with Crippen LogP contribution in [0.15, 0.2) is 12.2 Å². The fourth-order valence-corrected chi connectivity index (χ4v) is 3.12. The molecule has 0 atom stereocenters. The van der Waals surface area contributed by atoms with Gasteiger partial charge in [0.05, 0.1) is 26.2 Å². The molecular weight excluding hydrogens is 396 g/mol. The van der Waals surface area contributed by atoms with Gasteiger partial charge in [0.2, 0.25) is 0 Å². The first-order chi connectivity index (χ1) is 14.1. The lowest BCUT2D eigenvalue weighted by Crippen LogP contribution is -2.49. The Morgan fingerprint density at radius 1 is 0.600 bits per heavy atom. The number of Topliss-reactive ketones (excluding diaryl/α,β-unsaturated/α-hetero) is 1. The van der Waals surface area contributed by atoms with E-state index in [1.54, 1.807) is 21.6 Å². The summed E-state index contributed by atoms with van der Waals surface area (Å²) in [5, 5.41) is 27.5. The Balaban J connectivity index is 2.96. The van der Waals surface area contributed by atoms with Crippen LogP contribution < -0.4 is 0 Å². The van der Waals surface area contributed by atoms with Gasteiger partial charge in [0, 0.05) is 52.4 Å². The zero-order valence-corrected chi connectivity index (χ0v) is 17.5. The quantitative estimate of drug-likeness (QED) is 0.374. The first-order valence-electron chi connectivity index (χ1n) is 9.80. The first-order valence-corrected chi connectivity index (χ1v) is 9.80. The van der Waals surface area contributed by atoms with Gasteiger partial charge in [-0.1, -0.05) is 6.58 Å². The number of nitrogens with zero attached hydrogens (tertiary/aromatic N) is 4. The Bertz CT molecular complexity index is 608. The standard InChI is InChI=1S/C19H32N4O7/c1-15(2)16(24)11-20-3-5-21(12-17(25)26)7-9-23(14-19(29)30)10-8-22(6-4-20)13-18(27)28/h1,3-14H2,2H3,(H,25,26)(H,27,28)(H,29,30). The van der Waals surface area contributed by atoms with Gasteiger partial charge in [-0.3, -0.25) is 38.8 Å². The van der Waals surface area contributed by atoms with Crippen LogP contribution in [0, 0.1) is 0 Å². The van der Waals surface area contributed by atoms with Gasteiger partial charge in [-0.25, -0.2) is 0 Å². The van der Waals surface area contributed by atoms with E-state index < -0.39 is 17.9 Å². The van der Waals surface area contributed by atoms with Crippen molar-refractivity contribution in [3.05, 3.63) is 12.2 Å². The van der Waals surface area contributed by atoms with Gasteiger partial charge in [0.1, 0.15) is 0 Å². The van der Waals surface area contributed by atoms with Crippen LogP contribution in [-0.2, 0) is 19.2 Å². The Morgan fingerprint density at radius 2 is 0.833 bits per heavy atom. The molecule has 0 unspecified atom stereocenters. The summed E-state index contributed by atoms with van der Waals surface area (Å²) < 4.78 is 0. The van der Waals surface area contributed by atoms with Crippen LogP contribution in [0.25, 0.3) is 0 Å². The van der Waals surface area contributed by atoms with Gasteiger partial charge < -0.3 is 15.3 Å². The lowest BCUT2D eigenvalue weighted by Gasteiger charge is -2.32. The SMILES string of the molecule is C=C(C)C(=O)CN1CCN(CC(=O)O)CCN(CC(=O)O)CCN(CC(=O)O)CC1. The fourth-order valence-electron chi connectivity index (χ4n) is 3.12. The molecule has 170 valence electrons. The van der Waals surface area contributed by atoms with Crippen LogP contribution in [0.5, 0.6) is 0 Å². The molecule has 1 aliphatic rings. The highest BCUT2D eigenvalue weighted by atomic mass is 16.4. The maximum atomic E-state index is 12.1. The molecule has 0 bridgehead atoms. The van der Waals surface area contributed by atoms with Crippen molar-refractivity contribution >= 4 is 23.7 Å². The second-order valence-electron chi connectivity index (χ2n) is 7.49. The van der Waals surface area contributed by atoms with Crippen molar-refractivity contribution in [3.63, 3.8) is 0 Å². The van der Waals surface area contributed by atoms with Crippen molar-refractivity contribution in [1.82, 2.24) is 19.6 Å². The van der Waals surface area contributed by atoms with Gasteiger partial charge in [-0.15, -0.1) is 0 Å². The number of carbonyl (C=O) groups is 4. The lowest BCUT2D eigenvalue weighted by atomic mass is 10.2. The average Bonchev–Trinajstić information content (AvgIpc) is 2.62. The van der Waals surface area contributed by atoms with Gasteiger partial charge in [0.15, 0.2) is 5.78 Å². The molecular formula is C19H32N4O7. The van der Waals surface area contributed by atoms with E-state index in [9.17, 15) is 29.4 Å². The minimum Gasteiger partial charge on any atom is -0.480 e. The topological polar surface area (TPSA) is 142 Å². The maximum absolute atomic E-state index is 12.1. The highest BCUT2D eigenvalue weighted by molar-refractivity contribution is 5.95. The molecule has 30 heavy (non-hydrogen) atoms. The van der Waals surface area contributed by atoms with E-state index in [2.05, 4.69) is 6.58 Å². The molecule has 0 aliphatic carbocycles. The predicted octanol–water partition coefficient (Wildman–Crippen LogP) is -1.39. The van der Waals surface area contributed by atoms with Crippen molar-refractivity contribution in [3.8, 4) is 0 Å². The Morgan fingerprint density at radius 3 is 1.03 bits per heavy atom. The second-order valence-corrected chi connectivity index (χ2v) is 7.49. The molecule has 0 amide bonds. The third-order valence-electron chi connectivity index (χ3n) is 4.85. The van der Waals surface area contributed by atoms with E-state index in [0.29, 0.717) is 57.9 Å². The molecule has 1 saturated heterocycles. The highest BCUT2D eigenvalue weighted by Crippen LogP contribution is 2.03. The zero-order chi connectivity index (χ0) is 22.7. The molecule has 1 rings (SSSR count). The summed E-state index contributed by atoms with van der Waals surface area (Å²) in [5.74, 6) is -3.08. The number of carboxylic acids is 3. The monoisotopic (exact) mass is 428 g/mol. The van der Waals surface area contributed by atoms with Crippen LogP contribution in [0.4, 0.5) is 0 Å². The summed E-state index contributed by atoms with van der Waals surface area (Å²) in [4.78, 5) is 52.7. The van der Waals surface area contributed by atoms with E-state index in [0.717, 1.165) is 0 Å². The minimum atomic E-state index is -0.999. The first kappa shape index (κ1) is 25.7. The Kier molecular flexibility index (Phi) is 11.2. The van der Waals surface area contributed by atoms with E-state index in [1.165, 1.54) is 0 Å². The van der Waals surface area contributed by atoms with E-state index >= 15 is 0 Å². The normalized spacial score (nSPS) is 18.8. The molecule has 0 radical (unpaired) electrons. The molecule has 1 aliphatic heterocycles. The van der Waals surface area contributed by atoms with Crippen molar-refractivity contribution in [2.75, 3.05) is 78.5 Å². The van der Waals surface area contributed by atoms with Crippen LogP contribution in [-0.4, -0.2) is 137 Å². The third kappa shape index (κ3) is 11.0. The van der Waals surface area contributed by atoms with Crippen molar-refractivity contribution in [2.24, 2.45) is 0 Å². The molecule has 0 spiro atoms. The van der Waals surface area contributed by atoms with Gasteiger partial charge in [-0.05, 0) is 12.5 Å². The Hall–Kier alpha value is -2.34.